The summed E-state index contributed by atoms with van der Waals surface area (Å²) in [6.45, 7) is 2.63. The summed E-state index contributed by atoms with van der Waals surface area (Å²) in [5, 5.41) is 27.2. The molecule has 20 heavy (non-hydrogen) atoms. The standard InChI is InChI=1S/C13H19N3O4/c1-9-13(17,3-4-20-9)8-15-11-5-10(14-2)6-12(7-11)16(18)19/h5-7,9,14-15,17H,3-4,8H2,1-2H3. The van der Waals surface area contributed by atoms with Crippen LogP contribution in [0.15, 0.2) is 18.2 Å². The predicted molar refractivity (Wildman–Crippen MR) is 76.1 cm³/mol. The van der Waals surface area contributed by atoms with E-state index in [0.717, 1.165) is 0 Å². The zero-order valence-electron chi connectivity index (χ0n) is 11.5. The van der Waals surface area contributed by atoms with E-state index in [0.29, 0.717) is 30.9 Å². The maximum atomic E-state index is 10.9. The fourth-order valence-corrected chi connectivity index (χ4v) is 2.22. The Bertz CT molecular complexity index is 508. The molecule has 0 amide bonds. The molecule has 0 radical (unpaired) electrons. The summed E-state index contributed by atoms with van der Waals surface area (Å²) in [7, 11) is 1.70. The Morgan fingerprint density at radius 1 is 1.50 bits per heavy atom. The van der Waals surface area contributed by atoms with Gasteiger partial charge in [0.1, 0.15) is 5.60 Å². The number of nitro groups is 1. The van der Waals surface area contributed by atoms with Crippen LogP contribution in [0, 0.1) is 10.1 Å². The Kier molecular flexibility index (Phi) is 4.10. The highest BCUT2D eigenvalue weighted by Crippen LogP contribution is 2.28. The highest BCUT2D eigenvalue weighted by atomic mass is 16.6. The van der Waals surface area contributed by atoms with E-state index in [1.807, 2.05) is 6.92 Å². The van der Waals surface area contributed by atoms with E-state index in [2.05, 4.69) is 10.6 Å². The van der Waals surface area contributed by atoms with Gasteiger partial charge in [-0.3, -0.25) is 10.1 Å². The second-order valence-corrected chi connectivity index (χ2v) is 5.00. The first-order valence-electron chi connectivity index (χ1n) is 6.50. The molecule has 7 heteroatoms. The number of non-ortho nitro benzene ring substituents is 1. The van der Waals surface area contributed by atoms with Gasteiger partial charge in [-0.1, -0.05) is 0 Å². The van der Waals surface area contributed by atoms with Crippen molar-refractivity contribution in [3.05, 3.63) is 28.3 Å². The number of nitrogens with one attached hydrogen (secondary N) is 2. The summed E-state index contributed by atoms with van der Waals surface area (Å²) >= 11 is 0. The Hall–Kier alpha value is -1.86. The third kappa shape index (κ3) is 3.00. The fourth-order valence-electron chi connectivity index (χ4n) is 2.22. The number of hydrogen-bond acceptors (Lipinski definition) is 6. The van der Waals surface area contributed by atoms with Gasteiger partial charge in [0.2, 0.25) is 0 Å². The van der Waals surface area contributed by atoms with Gasteiger partial charge in [-0.15, -0.1) is 0 Å². The number of aliphatic hydroxyl groups is 1. The van der Waals surface area contributed by atoms with E-state index >= 15 is 0 Å². The summed E-state index contributed by atoms with van der Waals surface area (Å²) in [6.07, 6.45) is 0.298. The third-order valence-corrected chi connectivity index (χ3v) is 3.68. The van der Waals surface area contributed by atoms with E-state index in [1.54, 1.807) is 13.1 Å². The van der Waals surface area contributed by atoms with Crippen LogP contribution < -0.4 is 10.6 Å². The molecule has 1 aromatic carbocycles. The molecule has 0 aromatic heterocycles. The van der Waals surface area contributed by atoms with Crippen molar-refractivity contribution < 1.29 is 14.8 Å². The lowest BCUT2D eigenvalue weighted by molar-refractivity contribution is -0.384. The minimum atomic E-state index is -0.940. The summed E-state index contributed by atoms with van der Waals surface area (Å²) < 4.78 is 5.35. The van der Waals surface area contributed by atoms with Gasteiger partial charge in [-0.2, -0.15) is 0 Å². The van der Waals surface area contributed by atoms with Gasteiger partial charge in [0.25, 0.3) is 5.69 Å². The van der Waals surface area contributed by atoms with Crippen LogP contribution in [0.5, 0.6) is 0 Å². The van der Waals surface area contributed by atoms with Crippen LogP contribution >= 0.6 is 0 Å². The van der Waals surface area contributed by atoms with Crippen LogP contribution in [0.25, 0.3) is 0 Å². The summed E-state index contributed by atoms with van der Waals surface area (Å²) in [6, 6.07) is 4.67. The van der Waals surface area contributed by atoms with Crippen LogP contribution in [0.4, 0.5) is 17.1 Å². The molecular formula is C13H19N3O4. The Morgan fingerprint density at radius 2 is 2.20 bits per heavy atom. The van der Waals surface area contributed by atoms with Crippen LogP contribution in [0.3, 0.4) is 0 Å². The largest absolute Gasteiger partial charge is 0.388 e. The summed E-state index contributed by atoms with van der Waals surface area (Å²) in [5.41, 5.74) is 0.298. The molecule has 1 fully saturated rings. The number of benzene rings is 1. The Labute approximate surface area is 117 Å². The molecule has 110 valence electrons. The second-order valence-electron chi connectivity index (χ2n) is 5.00. The average molecular weight is 281 g/mol. The molecule has 0 bridgehead atoms. The molecule has 0 spiro atoms. The SMILES string of the molecule is CNc1cc(NCC2(O)CCOC2C)cc([N+](=O)[O-])c1. The minimum Gasteiger partial charge on any atom is -0.388 e. The van der Waals surface area contributed by atoms with E-state index in [-0.39, 0.29) is 11.8 Å². The van der Waals surface area contributed by atoms with E-state index in [9.17, 15) is 15.2 Å². The van der Waals surface area contributed by atoms with Crippen molar-refractivity contribution in [2.45, 2.75) is 25.0 Å². The quantitative estimate of drug-likeness (QED) is 0.560. The van der Waals surface area contributed by atoms with Crippen LogP contribution in [-0.2, 0) is 4.74 Å². The Balaban J connectivity index is 2.13. The van der Waals surface area contributed by atoms with Crippen molar-refractivity contribution in [3.8, 4) is 0 Å². The van der Waals surface area contributed by atoms with Crippen molar-refractivity contribution in [1.29, 1.82) is 0 Å². The molecule has 0 aliphatic carbocycles. The zero-order valence-corrected chi connectivity index (χ0v) is 11.5. The number of rotatable bonds is 5. The molecule has 2 rings (SSSR count). The lowest BCUT2D eigenvalue weighted by atomic mass is 9.96. The molecule has 2 unspecified atom stereocenters. The topological polar surface area (TPSA) is 96.7 Å². The third-order valence-electron chi connectivity index (χ3n) is 3.68. The lowest BCUT2D eigenvalue weighted by Crippen LogP contribution is -2.43. The van der Waals surface area contributed by atoms with Gasteiger partial charge < -0.3 is 20.5 Å². The van der Waals surface area contributed by atoms with E-state index in [1.165, 1.54) is 12.1 Å². The zero-order chi connectivity index (χ0) is 14.8. The predicted octanol–water partition coefficient (Wildman–Crippen LogP) is 1.59. The molecule has 1 saturated heterocycles. The molecule has 1 aliphatic rings. The van der Waals surface area contributed by atoms with Crippen LogP contribution in [-0.4, -0.2) is 41.9 Å². The molecule has 1 aromatic rings. The van der Waals surface area contributed by atoms with E-state index in [4.69, 9.17) is 4.74 Å². The Morgan fingerprint density at radius 3 is 2.75 bits per heavy atom. The van der Waals surface area contributed by atoms with Crippen LogP contribution in [0.1, 0.15) is 13.3 Å². The highest BCUT2D eigenvalue weighted by Gasteiger charge is 2.39. The van der Waals surface area contributed by atoms with Gasteiger partial charge in [-0.25, -0.2) is 0 Å². The second kappa shape index (κ2) is 5.64. The van der Waals surface area contributed by atoms with Gasteiger partial charge in [0.05, 0.1) is 11.0 Å². The van der Waals surface area contributed by atoms with Gasteiger partial charge in [-0.05, 0) is 13.0 Å². The normalized spacial score (nSPS) is 25.4. The van der Waals surface area contributed by atoms with Crippen molar-refractivity contribution in [1.82, 2.24) is 0 Å². The fraction of sp³-hybridized carbons (Fsp3) is 0.538. The first-order chi connectivity index (χ1) is 9.44. The maximum Gasteiger partial charge on any atom is 0.273 e. The number of anilines is 2. The van der Waals surface area contributed by atoms with Crippen LogP contribution in [0.2, 0.25) is 0 Å². The highest BCUT2D eigenvalue weighted by molar-refractivity contribution is 5.63. The maximum absolute atomic E-state index is 10.9. The average Bonchev–Trinajstić information content (AvgIpc) is 2.76. The first kappa shape index (κ1) is 14.5. The summed E-state index contributed by atoms with van der Waals surface area (Å²) in [4.78, 5) is 10.4. The number of nitrogens with zero attached hydrogens (tertiary/aromatic N) is 1. The minimum absolute atomic E-state index is 0.00191. The van der Waals surface area contributed by atoms with Crippen molar-refractivity contribution in [2.24, 2.45) is 0 Å². The summed E-state index contributed by atoms with van der Waals surface area (Å²) in [5.74, 6) is 0. The monoisotopic (exact) mass is 281 g/mol. The molecule has 7 nitrogen and oxygen atoms in total. The molecule has 1 heterocycles. The molecule has 3 N–H and O–H groups in total. The molecule has 1 aliphatic heterocycles. The van der Waals surface area contributed by atoms with Crippen molar-refractivity contribution >= 4 is 17.1 Å². The molecular weight excluding hydrogens is 262 g/mol. The molecule has 0 saturated carbocycles. The van der Waals surface area contributed by atoms with Gasteiger partial charge in [0, 0.05) is 50.1 Å². The van der Waals surface area contributed by atoms with Crippen molar-refractivity contribution in [2.75, 3.05) is 30.8 Å². The molecule has 2 atom stereocenters. The number of ether oxygens (including phenoxy) is 1. The van der Waals surface area contributed by atoms with Gasteiger partial charge in [0.15, 0.2) is 0 Å². The smallest absolute Gasteiger partial charge is 0.273 e. The number of hydrogen-bond donors (Lipinski definition) is 3. The van der Waals surface area contributed by atoms with Crippen molar-refractivity contribution in [3.63, 3.8) is 0 Å². The number of nitro benzene ring substituents is 1. The lowest BCUT2D eigenvalue weighted by Gasteiger charge is -2.26. The van der Waals surface area contributed by atoms with E-state index < -0.39 is 10.5 Å². The van der Waals surface area contributed by atoms with Gasteiger partial charge >= 0.3 is 0 Å². The first-order valence-corrected chi connectivity index (χ1v) is 6.50.